The van der Waals surface area contributed by atoms with Gasteiger partial charge < -0.3 is 14.6 Å². The molecule has 140 valence electrons. The van der Waals surface area contributed by atoms with E-state index in [0.717, 1.165) is 0 Å². The number of aromatic nitrogens is 1. The summed E-state index contributed by atoms with van der Waals surface area (Å²) in [6.45, 7) is 9.75. The summed E-state index contributed by atoms with van der Waals surface area (Å²) in [5.74, 6) is 0.0114. The number of anilines is 1. The van der Waals surface area contributed by atoms with Gasteiger partial charge in [-0.25, -0.2) is 4.79 Å². The van der Waals surface area contributed by atoms with Crippen LogP contribution in [0.25, 0.3) is 10.9 Å². The Bertz CT molecular complexity index is 864. The maximum absolute atomic E-state index is 12.6. The van der Waals surface area contributed by atoms with Crippen molar-refractivity contribution in [3.8, 4) is 0 Å². The van der Waals surface area contributed by atoms with Gasteiger partial charge in [-0.1, -0.05) is 38.0 Å². The number of carbonyl (C=O) groups is 2. The molecule has 0 saturated heterocycles. The minimum atomic E-state index is -0.891. The fourth-order valence-electron chi connectivity index (χ4n) is 3.12. The minimum absolute atomic E-state index is 0.0114. The summed E-state index contributed by atoms with van der Waals surface area (Å²) in [6.07, 6.45) is -0.299. The number of nitrogens with one attached hydrogen (secondary N) is 1. The molecule has 0 aliphatic heterocycles. The van der Waals surface area contributed by atoms with Gasteiger partial charge in [0.2, 0.25) is 0 Å². The van der Waals surface area contributed by atoms with E-state index in [1.807, 2.05) is 20.8 Å². The number of hydrogen-bond acceptors (Lipinski definition) is 5. The molecule has 0 bridgehead atoms. The summed E-state index contributed by atoms with van der Waals surface area (Å²) in [7, 11) is 0. The number of nitrogens with zero attached hydrogens (tertiary/aromatic N) is 1. The summed E-state index contributed by atoms with van der Waals surface area (Å²) in [6, 6.07) is 8.02. The Labute approximate surface area is 151 Å². The number of para-hydroxylation sites is 1. The maximum Gasteiger partial charge on any atom is 0.450 e. The zero-order valence-corrected chi connectivity index (χ0v) is 15.7. The predicted molar refractivity (Wildman–Crippen MR) is 98.8 cm³/mol. The van der Waals surface area contributed by atoms with Crippen molar-refractivity contribution in [2.24, 2.45) is 5.41 Å². The number of benzene rings is 1. The van der Waals surface area contributed by atoms with Crippen LogP contribution in [0.4, 0.5) is 10.6 Å². The molecule has 0 aliphatic rings. The largest absolute Gasteiger partial charge is 0.450 e. The first kappa shape index (κ1) is 19.5. The molecule has 0 unspecified atom stereocenters. The summed E-state index contributed by atoms with van der Waals surface area (Å²) < 4.78 is 5.52. The lowest BCUT2D eigenvalue weighted by molar-refractivity contribution is -0.130. The van der Waals surface area contributed by atoms with E-state index >= 15 is 0 Å². The van der Waals surface area contributed by atoms with Crippen LogP contribution >= 0.6 is 0 Å². The van der Waals surface area contributed by atoms with Crippen molar-refractivity contribution in [3.63, 3.8) is 0 Å². The van der Waals surface area contributed by atoms with E-state index in [2.05, 4.69) is 4.98 Å². The second kappa shape index (κ2) is 7.19. The highest BCUT2D eigenvalue weighted by Crippen LogP contribution is 2.30. The third-order valence-corrected chi connectivity index (χ3v) is 3.58. The molecule has 0 aliphatic carbocycles. The van der Waals surface area contributed by atoms with Gasteiger partial charge in [0.15, 0.2) is 11.2 Å². The van der Waals surface area contributed by atoms with Gasteiger partial charge >= 0.3 is 12.6 Å². The molecule has 0 radical (unpaired) electrons. The van der Waals surface area contributed by atoms with Crippen LogP contribution in [-0.2, 0) is 14.4 Å². The van der Waals surface area contributed by atoms with E-state index in [1.165, 1.54) is 6.07 Å². The first-order valence-corrected chi connectivity index (χ1v) is 8.28. The average Bonchev–Trinajstić information content (AvgIpc) is 2.49. The van der Waals surface area contributed by atoms with Crippen molar-refractivity contribution in [2.75, 3.05) is 5.06 Å². The van der Waals surface area contributed by atoms with Crippen LogP contribution in [0.5, 0.6) is 0 Å². The Morgan fingerprint density at radius 1 is 1.19 bits per heavy atom. The SMILES string of the molecule is CC(C)(C)CC(C)(C)OC(=O)N(OC=O)c1cc(=O)c2ccccc2[nH]1. The number of hydrogen-bond donors (Lipinski definition) is 1. The fraction of sp³-hybridized carbons (Fsp3) is 0.421. The summed E-state index contributed by atoms with van der Waals surface area (Å²) in [5, 5.41) is 1.11. The highest BCUT2D eigenvalue weighted by Gasteiger charge is 2.32. The van der Waals surface area contributed by atoms with E-state index in [0.29, 0.717) is 22.4 Å². The second-order valence-electron chi connectivity index (χ2n) is 7.93. The normalized spacial score (nSPS) is 11.9. The van der Waals surface area contributed by atoms with Gasteiger partial charge in [0.1, 0.15) is 5.60 Å². The number of amides is 1. The quantitative estimate of drug-likeness (QED) is 0.647. The lowest BCUT2D eigenvalue weighted by atomic mass is 9.84. The smallest absolute Gasteiger partial charge is 0.441 e. The van der Waals surface area contributed by atoms with E-state index in [9.17, 15) is 14.4 Å². The molecule has 0 saturated carbocycles. The molecular formula is C19H24N2O5. The van der Waals surface area contributed by atoms with Gasteiger partial charge in [-0.2, -0.15) is 0 Å². The summed E-state index contributed by atoms with van der Waals surface area (Å²) in [4.78, 5) is 43.4. The topological polar surface area (TPSA) is 88.7 Å². The van der Waals surface area contributed by atoms with Gasteiger partial charge in [-0.3, -0.25) is 9.59 Å². The van der Waals surface area contributed by atoms with E-state index in [4.69, 9.17) is 9.57 Å². The van der Waals surface area contributed by atoms with Crippen LogP contribution in [0, 0.1) is 5.41 Å². The lowest BCUT2D eigenvalue weighted by Crippen LogP contribution is -2.40. The standard InChI is InChI=1S/C19H24N2O5/c1-18(2,3)11-19(4,5)26-17(24)21(25-12-22)16-10-15(23)13-8-6-7-9-14(13)20-16/h6-10,12H,11H2,1-5H3,(H,20,23). The number of aromatic amines is 1. The lowest BCUT2D eigenvalue weighted by Gasteiger charge is -2.33. The molecule has 1 amide bonds. The third-order valence-electron chi connectivity index (χ3n) is 3.58. The molecule has 2 aromatic rings. The number of hydroxylamine groups is 1. The van der Waals surface area contributed by atoms with Gasteiger partial charge in [0, 0.05) is 11.5 Å². The van der Waals surface area contributed by atoms with E-state index in [1.54, 1.807) is 38.1 Å². The number of pyridine rings is 1. The highest BCUT2D eigenvalue weighted by molar-refractivity contribution is 5.88. The Kier molecular flexibility index (Phi) is 5.39. The van der Waals surface area contributed by atoms with Gasteiger partial charge in [0.05, 0.1) is 5.52 Å². The zero-order chi connectivity index (χ0) is 19.5. The van der Waals surface area contributed by atoms with Gasteiger partial charge in [-0.15, -0.1) is 0 Å². The maximum atomic E-state index is 12.6. The Hall–Kier alpha value is -2.83. The number of carbonyl (C=O) groups excluding carboxylic acids is 2. The highest BCUT2D eigenvalue weighted by atomic mass is 16.7. The molecule has 1 aromatic heterocycles. The van der Waals surface area contributed by atoms with Crippen LogP contribution in [0.1, 0.15) is 41.0 Å². The van der Waals surface area contributed by atoms with Crippen LogP contribution in [0.3, 0.4) is 0 Å². The molecule has 26 heavy (non-hydrogen) atoms. The zero-order valence-electron chi connectivity index (χ0n) is 15.7. The number of rotatable bonds is 5. The van der Waals surface area contributed by atoms with Crippen molar-refractivity contribution in [1.82, 2.24) is 4.98 Å². The summed E-state index contributed by atoms with van der Waals surface area (Å²) >= 11 is 0. The molecule has 1 N–H and O–H groups in total. The van der Waals surface area contributed by atoms with Crippen molar-refractivity contribution in [1.29, 1.82) is 0 Å². The van der Waals surface area contributed by atoms with Gasteiger partial charge in [-0.05, 0) is 37.8 Å². The first-order chi connectivity index (χ1) is 12.0. The van der Waals surface area contributed by atoms with Crippen molar-refractivity contribution in [3.05, 3.63) is 40.6 Å². The molecule has 2 rings (SSSR count). The number of H-pyrrole nitrogens is 1. The average molecular weight is 360 g/mol. The molecule has 0 fully saturated rings. The molecule has 1 heterocycles. The Morgan fingerprint density at radius 3 is 2.46 bits per heavy atom. The molecule has 0 atom stereocenters. The first-order valence-electron chi connectivity index (χ1n) is 8.28. The molecule has 7 heteroatoms. The molecule has 1 aromatic carbocycles. The predicted octanol–water partition coefficient (Wildman–Crippen LogP) is 3.77. The van der Waals surface area contributed by atoms with E-state index in [-0.39, 0.29) is 23.1 Å². The summed E-state index contributed by atoms with van der Waals surface area (Å²) in [5.41, 5.74) is -0.666. The van der Waals surface area contributed by atoms with Crippen molar-refractivity contribution in [2.45, 2.75) is 46.6 Å². The minimum Gasteiger partial charge on any atom is -0.441 e. The fourth-order valence-corrected chi connectivity index (χ4v) is 3.12. The molecular weight excluding hydrogens is 336 g/mol. The third kappa shape index (κ3) is 4.84. The number of ether oxygens (including phenoxy) is 1. The van der Waals surface area contributed by atoms with Crippen LogP contribution < -0.4 is 10.5 Å². The van der Waals surface area contributed by atoms with Crippen LogP contribution in [-0.4, -0.2) is 23.2 Å². The van der Waals surface area contributed by atoms with Crippen LogP contribution in [0.2, 0.25) is 0 Å². The van der Waals surface area contributed by atoms with Crippen molar-refractivity contribution < 1.29 is 19.2 Å². The van der Waals surface area contributed by atoms with Crippen molar-refractivity contribution >= 4 is 29.3 Å². The molecule has 7 nitrogen and oxygen atoms in total. The second-order valence-corrected chi connectivity index (χ2v) is 7.93. The Morgan fingerprint density at radius 2 is 1.85 bits per heavy atom. The Balaban J connectivity index is 2.35. The molecule has 0 spiro atoms. The monoisotopic (exact) mass is 360 g/mol. The van der Waals surface area contributed by atoms with Crippen LogP contribution in [0.15, 0.2) is 35.1 Å². The van der Waals surface area contributed by atoms with E-state index < -0.39 is 11.7 Å². The van der Waals surface area contributed by atoms with Gasteiger partial charge in [0.25, 0.3) is 0 Å². The number of fused-ring (bicyclic) bond motifs is 1.